The normalized spacial score (nSPS) is 13.7. The summed E-state index contributed by atoms with van der Waals surface area (Å²) in [7, 11) is 0. The van der Waals surface area contributed by atoms with Gasteiger partial charge in [0.25, 0.3) is 0 Å². The highest BCUT2D eigenvalue weighted by molar-refractivity contribution is 5.53. The molecule has 0 fully saturated rings. The van der Waals surface area contributed by atoms with Crippen LogP contribution in [0.1, 0.15) is 30.9 Å². The Morgan fingerprint density at radius 1 is 1.50 bits per heavy atom. The molecule has 3 heteroatoms. The second-order valence-electron chi connectivity index (χ2n) is 3.44. The third kappa shape index (κ3) is 2.70. The van der Waals surface area contributed by atoms with E-state index in [1.54, 1.807) is 0 Å². The van der Waals surface area contributed by atoms with Gasteiger partial charge in [-0.05, 0) is 27.3 Å². The van der Waals surface area contributed by atoms with Crippen LogP contribution in [0.2, 0.25) is 0 Å². The van der Waals surface area contributed by atoms with Crippen molar-refractivity contribution in [1.82, 2.24) is 10.5 Å². The summed E-state index contributed by atoms with van der Waals surface area (Å²) in [4.78, 5) is 0. The number of nitrogens with zero attached hydrogens (tertiary/aromatic N) is 1. The van der Waals surface area contributed by atoms with Crippen LogP contribution >= 0.6 is 0 Å². The van der Waals surface area contributed by atoms with Crippen molar-refractivity contribution in [2.45, 2.75) is 33.7 Å². The number of rotatable bonds is 4. The van der Waals surface area contributed by atoms with Crippen LogP contribution in [0.3, 0.4) is 0 Å². The molecule has 0 aromatic carbocycles. The van der Waals surface area contributed by atoms with Gasteiger partial charge < -0.3 is 9.84 Å². The van der Waals surface area contributed by atoms with Crippen molar-refractivity contribution in [3.63, 3.8) is 0 Å². The number of aryl methyl sites for hydroxylation is 2. The fourth-order valence-electron chi connectivity index (χ4n) is 1.36. The Labute approximate surface area is 85.2 Å². The Balaban J connectivity index is 2.68. The maximum atomic E-state index is 5.07. The Kier molecular flexibility index (Phi) is 3.89. The Bertz CT molecular complexity index is 296. The minimum atomic E-state index is 0.383. The van der Waals surface area contributed by atoms with Crippen LogP contribution in [0.25, 0.3) is 6.08 Å². The second-order valence-corrected chi connectivity index (χ2v) is 3.44. The molecule has 0 radical (unpaired) electrons. The molecule has 1 aromatic rings. The fourth-order valence-corrected chi connectivity index (χ4v) is 1.36. The van der Waals surface area contributed by atoms with Gasteiger partial charge >= 0.3 is 0 Å². The zero-order chi connectivity index (χ0) is 10.6. The lowest BCUT2D eigenvalue weighted by Gasteiger charge is -2.05. The lowest BCUT2D eigenvalue weighted by molar-refractivity contribution is 0.393. The van der Waals surface area contributed by atoms with E-state index in [9.17, 15) is 0 Å². The molecule has 1 rings (SSSR count). The van der Waals surface area contributed by atoms with Crippen molar-refractivity contribution in [2.24, 2.45) is 0 Å². The van der Waals surface area contributed by atoms with E-state index in [4.69, 9.17) is 4.52 Å². The van der Waals surface area contributed by atoms with Gasteiger partial charge in [-0.25, -0.2) is 0 Å². The molecule has 3 nitrogen and oxygen atoms in total. The van der Waals surface area contributed by atoms with E-state index in [1.165, 1.54) is 0 Å². The topological polar surface area (TPSA) is 38.1 Å². The van der Waals surface area contributed by atoms with E-state index in [2.05, 4.69) is 36.5 Å². The summed E-state index contributed by atoms with van der Waals surface area (Å²) in [5.41, 5.74) is 2.04. The number of nitrogens with one attached hydrogen (secondary N) is 1. The molecule has 0 saturated heterocycles. The van der Waals surface area contributed by atoms with E-state index >= 15 is 0 Å². The lowest BCUT2D eigenvalue weighted by Crippen LogP contribution is -2.22. The number of likely N-dealkylation sites (N-methyl/N-ethyl adjacent to an activating group) is 1. The van der Waals surface area contributed by atoms with Gasteiger partial charge in [-0.1, -0.05) is 24.2 Å². The summed E-state index contributed by atoms with van der Waals surface area (Å²) in [6.45, 7) is 9.08. The number of aromatic nitrogens is 1. The Morgan fingerprint density at radius 2 is 2.21 bits per heavy atom. The van der Waals surface area contributed by atoms with Crippen LogP contribution in [0.4, 0.5) is 0 Å². The molecule has 78 valence electrons. The minimum absolute atomic E-state index is 0.383. The maximum absolute atomic E-state index is 5.07. The van der Waals surface area contributed by atoms with Crippen LogP contribution in [-0.2, 0) is 0 Å². The third-order valence-corrected chi connectivity index (χ3v) is 2.17. The summed E-state index contributed by atoms with van der Waals surface area (Å²) >= 11 is 0. The van der Waals surface area contributed by atoms with Gasteiger partial charge in [0.05, 0.1) is 5.69 Å². The van der Waals surface area contributed by atoms with E-state index < -0.39 is 0 Å². The van der Waals surface area contributed by atoms with Gasteiger partial charge in [0.1, 0.15) is 5.76 Å². The quantitative estimate of drug-likeness (QED) is 0.799. The fraction of sp³-hybridized carbons (Fsp3) is 0.545. The first-order valence-corrected chi connectivity index (χ1v) is 4.99. The highest BCUT2D eigenvalue weighted by atomic mass is 16.5. The monoisotopic (exact) mass is 194 g/mol. The predicted molar refractivity (Wildman–Crippen MR) is 58.1 cm³/mol. The molecule has 1 aromatic heterocycles. The maximum Gasteiger partial charge on any atom is 0.141 e. The van der Waals surface area contributed by atoms with Gasteiger partial charge in [-0.15, -0.1) is 0 Å². The number of hydrogen-bond donors (Lipinski definition) is 1. The van der Waals surface area contributed by atoms with Gasteiger partial charge in [0.15, 0.2) is 0 Å². The molecule has 0 saturated carbocycles. The minimum Gasteiger partial charge on any atom is -0.361 e. The van der Waals surface area contributed by atoms with Gasteiger partial charge in [-0.2, -0.15) is 0 Å². The molecular weight excluding hydrogens is 176 g/mol. The van der Waals surface area contributed by atoms with Crippen LogP contribution in [0.15, 0.2) is 10.6 Å². The van der Waals surface area contributed by atoms with Crippen molar-refractivity contribution in [2.75, 3.05) is 6.54 Å². The molecular formula is C11H18N2O. The van der Waals surface area contributed by atoms with Crippen molar-refractivity contribution in [3.05, 3.63) is 23.1 Å². The van der Waals surface area contributed by atoms with Gasteiger partial charge in [0.2, 0.25) is 0 Å². The van der Waals surface area contributed by atoms with E-state index in [0.717, 1.165) is 23.6 Å². The summed E-state index contributed by atoms with van der Waals surface area (Å²) in [6.07, 6.45) is 4.19. The first kappa shape index (κ1) is 11.0. The smallest absolute Gasteiger partial charge is 0.141 e. The first-order valence-electron chi connectivity index (χ1n) is 4.99. The summed E-state index contributed by atoms with van der Waals surface area (Å²) < 4.78 is 5.07. The molecule has 1 unspecified atom stereocenters. The summed E-state index contributed by atoms with van der Waals surface area (Å²) in [5, 5.41) is 7.20. The average Bonchev–Trinajstić information content (AvgIpc) is 2.44. The second kappa shape index (κ2) is 4.96. The van der Waals surface area contributed by atoms with E-state index in [-0.39, 0.29) is 0 Å². The van der Waals surface area contributed by atoms with Crippen LogP contribution in [0, 0.1) is 13.8 Å². The SMILES string of the molecule is CCNC(C)/C=C/c1c(C)noc1C. The molecule has 0 bridgehead atoms. The van der Waals surface area contributed by atoms with Crippen molar-refractivity contribution in [3.8, 4) is 0 Å². The third-order valence-electron chi connectivity index (χ3n) is 2.17. The zero-order valence-electron chi connectivity index (χ0n) is 9.29. The lowest BCUT2D eigenvalue weighted by atomic mass is 10.1. The van der Waals surface area contributed by atoms with Crippen molar-refractivity contribution >= 4 is 6.08 Å². The average molecular weight is 194 g/mol. The van der Waals surface area contributed by atoms with Crippen LogP contribution < -0.4 is 5.32 Å². The van der Waals surface area contributed by atoms with Crippen LogP contribution in [-0.4, -0.2) is 17.7 Å². The molecule has 0 amide bonds. The van der Waals surface area contributed by atoms with Gasteiger partial charge in [-0.3, -0.25) is 0 Å². The molecule has 0 aliphatic heterocycles. The van der Waals surface area contributed by atoms with E-state index in [0.29, 0.717) is 6.04 Å². The molecule has 14 heavy (non-hydrogen) atoms. The Morgan fingerprint density at radius 3 is 2.71 bits per heavy atom. The molecule has 1 N–H and O–H groups in total. The van der Waals surface area contributed by atoms with Crippen LogP contribution in [0.5, 0.6) is 0 Å². The predicted octanol–water partition coefficient (Wildman–Crippen LogP) is 2.30. The highest BCUT2D eigenvalue weighted by Gasteiger charge is 2.04. The standard InChI is InChI=1S/C11H18N2O/c1-5-12-8(2)6-7-11-9(3)13-14-10(11)4/h6-8,12H,5H2,1-4H3/b7-6+. The highest BCUT2D eigenvalue weighted by Crippen LogP contribution is 2.13. The summed E-state index contributed by atoms with van der Waals surface area (Å²) in [5.74, 6) is 0.877. The Hall–Kier alpha value is -1.09. The molecule has 0 spiro atoms. The largest absolute Gasteiger partial charge is 0.361 e. The summed E-state index contributed by atoms with van der Waals surface area (Å²) in [6, 6.07) is 0.383. The van der Waals surface area contributed by atoms with Crippen molar-refractivity contribution < 1.29 is 4.52 Å². The molecule has 0 aliphatic rings. The molecule has 1 heterocycles. The zero-order valence-corrected chi connectivity index (χ0v) is 9.29. The van der Waals surface area contributed by atoms with Crippen molar-refractivity contribution in [1.29, 1.82) is 0 Å². The molecule has 1 atom stereocenters. The van der Waals surface area contributed by atoms with E-state index in [1.807, 2.05) is 13.8 Å². The number of hydrogen-bond acceptors (Lipinski definition) is 3. The molecule has 0 aliphatic carbocycles. The van der Waals surface area contributed by atoms with Gasteiger partial charge in [0, 0.05) is 11.6 Å². The first-order chi connectivity index (χ1) is 6.65.